The van der Waals surface area contributed by atoms with Gasteiger partial charge in [-0.1, -0.05) is 41.7 Å². The molecule has 0 unspecified atom stereocenters. The number of benzene rings is 2. The van der Waals surface area contributed by atoms with Gasteiger partial charge in [0.25, 0.3) is 0 Å². The van der Waals surface area contributed by atoms with Crippen LogP contribution in [0.1, 0.15) is 16.4 Å². The quantitative estimate of drug-likeness (QED) is 0.432. The van der Waals surface area contributed by atoms with Crippen LogP contribution in [-0.4, -0.2) is 19.8 Å². The molecule has 0 fully saturated rings. The number of aryl methyl sites for hydroxylation is 1. The van der Waals surface area contributed by atoms with E-state index in [0.717, 1.165) is 27.3 Å². The number of fused-ring (bicyclic) bond motifs is 1. The van der Waals surface area contributed by atoms with Crippen LogP contribution in [0.3, 0.4) is 0 Å². The fraction of sp³-hybridized carbons (Fsp3) is 0.167. The summed E-state index contributed by atoms with van der Waals surface area (Å²) in [5.74, 6) is 2.43. The molecule has 0 saturated heterocycles. The Labute approximate surface area is 165 Å². The molecule has 0 bridgehead atoms. The van der Waals surface area contributed by atoms with Gasteiger partial charge in [-0.25, -0.2) is 0 Å². The summed E-state index contributed by atoms with van der Waals surface area (Å²) >= 11 is 3.23. The maximum Gasteiger partial charge on any atom is 0.234 e. The zero-order valence-electron chi connectivity index (χ0n) is 14.0. The molecule has 0 radical (unpaired) electrons. The first-order valence-corrected chi connectivity index (χ1v) is 9.65. The average molecular weight is 405 g/mol. The topological polar surface area (TPSA) is 52.3 Å². The van der Waals surface area contributed by atoms with Crippen molar-refractivity contribution in [3.05, 3.63) is 71.0 Å². The van der Waals surface area contributed by atoms with Crippen LogP contribution in [0.5, 0.6) is 5.75 Å². The van der Waals surface area contributed by atoms with Crippen molar-refractivity contribution in [3.8, 4) is 5.75 Å². The zero-order valence-corrected chi connectivity index (χ0v) is 16.5. The van der Waals surface area contributed by atoms with E-state index in [-0.39, 0.29) is 12.4 Å². The summed E-state index contributed by atoms with van der Waals surface area (Å²) in [5.41, 5.74) is 1.18. The first kappa shape index (κ1) is 18.7. The molecule has 5 nitrogen and oxygen atoms in total. The number of rotatable bonds is 6. The van der Waals surface area contributed by atoms with Crippen molar-refractivity contribution in [2.24, 2.45) is 0 Å². The highest BCUT2D eigenvalue weighted by molar-refractivity contribution is 7.98. The third-order valence-corrected chi connectivity index (χ3v) is 5.44. The van der Waals surface area contributed by atoms with Gasteiger partial charge >= 0.3 is 0 Å². The van der Waals surface area contributed by atoms with Gasteiger partial charge < -0.3 is 4.74 Å². The lowest BCUT2D eigenvalue weighted by Crippen LogP contribution is -1.98. The molecule has 0 N–H and O–H groups in total. The number of hydrogen-bond donors (Lipinski definition) is 0. The van der Waals surface area contributed by atoms with Gasteiger partial charge in [0.05, 0.1) is 5.75 Å². The number of ether oxygens (including phenoxy) is 1. The standard InChI is InChI=1S/C18H16N4OS2.ClH/c1-13-6-5-7-14(10-13)23-11-17-21-22-16(19-20-18(22)25-17)12-24-15-8-3-2-4-9-15;/h2-10H,11-12H2,1H3;1H. The van der Waals surface area contributed by atoms with E-state index in [4.69, 9.17) is 4.74 Å². The van der Waals surface area contributed by atoms with E-state index in [0.29, 0.717) is 6.61 Å². The molecule has 2 aromatic heterocycles. The summed E-state index contributed by atoms with van der Waals surface area (Å²) in [5, 5.41) is 13.9. The maximum absolute atomic E-state index is 5.82. The van der Waals surface area contributed by atoms with Gasteiger partial charge in [0, 0.05) is 4.90 Å². The van der Waals surface area contributed by atoms with Crippen molar-refractivity contribution in [1.29, 1.82) is 0 Å². The van der Waals surface area contributed by atoms with Crippen LogP contribution in [0, 0.1) is 6.92 Å². The Bertz CT molecular complexity index is 987. The van der Waals surface area contributed by atoms with Crippen LogP contribution in [0.15, 0.2) is 59.5 Å². The van der Waals surface area contributed by atoms with Gasteiger partial charge in [-0.3, -0.25) is 0 Å². The molecule has 134 valence electrons. The van der Waals surface area contributed by atoms with E-state index in [1.165, 1.54) is 21.8 Å². The van der Waals surface area contributed by atoms with Crippen molar-refractivity contribution in [3.63, 3.8) is 0 Å². The van der Waals surface area contributed by atoms with Gasteiger partial charge in [-0.05, 0) is 36.8 Å². The Morgan fingerprint density at radius 3 is 2.73 bits per heavy atom. The van der Waals surface area contributed by atoms with E-state index in [2.05, 4.69) is 27.4 Å². The summed E-state index contributed by atoms with van der Waals surface area (Å²) in [7, 11) is 0. The molecule has 0 aliphatic carbocycles. The van der Waals surface area contributed by atoms with E-state index < -0.39 is 0 Å². The zero-order chi connectivity index (χ0) is 17.1. The van der Waals surface area contributed by atoms with Crippen molar-refractivity contribution in [1.82, 2.24) is 19.8 Å². The number of nitrogens with zero attached hydrogens (tertiary/aromatic N) is 4. The first-order chi connectivity index (χ1) is 12.3. The van der Waals surface area contributed by atoms with Gasteiger partial charge in [0.15, 0.2) is 10.8 Å². The second kappa shape index (κ2) is 8.53. The van der Waals surface area contributed by atoms with Crippen LogP contribution in [0.25, 0.3) is 4.96 Å². The highest BCUT2D eigenvalue weighted by atomic mass is 35.5. The molecule has 2 aromatic carbocycles. The summed E-state index contributed by atoms with van der Waals surface area (Å²) in [6, 6.07) is 18.3. The van der Waals surface area contributed by atoms with Gasteiger partial charge in [0.2, 0.25) is 4.96 Å². The van der Waals surface area contributed by atoms with Gasteiger partial charge in [-0.2, -0.15) is 9.61 Å². The van der Waals surface area contributed by atoms with Crippen LogP contribution in [0.4, 0.5) is 0 Å². The smallest absolute Gasteiger partial charge is 0.234 e. The van der Waals surface area contributed by atoms with E-state index in [1.807, 2.05) is 53.9 Å². The number of hydrogen-bond acceptors (Lipinski definition) is 6. The minimum Gasteiger partial charge on any atom is -0.486 e. The molecule has 0 amide bonds. The lowest BCUT2D eigenvalue weighted by molar-refractivity contribution is 0.304. The highest BCUT2D eigenvalue weighted by Gasteiger charge is 2.12. The van der Waals surface area contributed by atoms with E-state index in [9.17, 15) is 0 Å². The molecule has 0 aliphatic rings. The fourth-order valence-electron chi connectivity index (χ4n) is 2.36. The van der Waals surface area contributed by atoms with Crippen LogP contribution >= 0.6 is 35.5 Å². The third-order valence-electron chi connectivity index (χ3n) is 3.56. The van der Waals surface area contributed by atoms with Crippen molar-refractivity contribution in [2.75, 3.05) is 0 Å². The normalized spacial score (nSPS) is 10.7. The third kappa shape index (κ3) is 4.35. The Balaban J connectivity index is 0.00000196. The first-order valence-electron chi connectivity index (χ1n) is 7.85. The predicted octanol–water partition coefficient (Wildman–Crippen LogP) is 4.79. The second-order valence-electron chi connectivity index (χ2n) is 5.51. The molecule has 0 aliphatic heterocycles. The summed E-state index contributed by atoms with van der Waals surface area (Å²) in [4.78, 5) is 2.00. The number of halogens is 1. The molecular formula is C18H17ClN4OS2. The SMILES string of the molecule is Cc1cccc(OCc2nn3c(CSc4ccccc4)nnc3s2)c1.Cl. The Hall–Kier alpha value is -2.09. The molecule has 26 heavy (non-hydrogen) atoms. The van der Waals surface area contributed by atoms with Crippen LogP contribution < -0.4 is 4.74 Å². The van der Waals surface area contributed by atoms with Crippen molar-refractivity contribution < 1.29 is 4.74 Å². The summed E-state index contributed by atoms with van der Waals surface area (Å²) in [6.07, 6.45) is 0. The van der Waals surface area contributed by atoms with Crippen molar-refractivity contribution in [2.45, 2.75) is 24.2 Å². The largest absolute Gasteiger partial charge is 0.486 e. The predicted molar refractivity (Wildman–Crippen MR) is 107 cm³/mol. The van der Waals surface area contributed by atoms with Crippen LogP contribution in [-0.2, 0) is 12.4 Å². The lowest BCUT2D eigenvalue weighted by atomic mass is 10.2. The molecule has 4 aromatic rings. The molecule has 0 spiro atoms. The average Bonchev–Trinajstić information content (AvgIpc) is 3.20. The Morgan fingerprint density at radius 2 is 1.92 bits per heavy atom. The van der Waals surface area contributed by atoms with E-state index in [1.54, 1.807) is 11.8 Å². The minimum atomic E-state index is 0. The molecule has 2 heterocycles. The Kier molecular flexibility index (Phi) is 6.13. The lowest BCUT2D eigenvalue weighted by Gasteiger charge is -2.04. The summed E-state index contributed by atoms with van der Waals surface area (Å²) in [6.45, 7) is 2.48. The number of thioether (sulfide) groups is 1. The number of aromatic nitrogens is 4. The summed E-state index contributed by atoms with van der Waals surface area (Å²) < 4.78 is 7.64. The minimum absolute atomic E-state index is 0. The van der Waals surface area contributed by atoms with Gasteiger partial charge in [0.1, 0.15) is 12.4 Å². The Morgan fingerprint density at radius 1 is 1.08 bits per heavy atom. The molecule has 0 saturated carbocycles. The highest BCUT2D eigenvalue weighted by Crippen LogP contribution is 2.23. The van der Waals surface area contributed by atoms with Gasteiger partial charge in [-0.15, -0.1) is 34.4 Å². The van der Waals surface area contributed by atoms with Crippen LogP contribution in [0.2, 0.25) is 0 Å². The molecule has 0 atom stereocenters. The van der Waals surface area contributed by atoms with E-state index >= 15 is 0 Å². The molecule has 4 rings (SSSR count). The molecule has 8 heteroatoms. The second-order valence-corrected chi connectivity index (χ2v) is 7.60. The van der Waals surface area contributed by atoms with Crippen molar-refractivity contribution >= 4 is 40.5 Å². The monoisotopic (exact) mass is 404 g/mol. The maximum atomic E-state index is 5.82. The molecular weight excluding hydrogens is 388 g/mol. The fourth-order valence-corrected chi connectivity index (χ4v) is 3.95.